The van der Waals surface area contributed by atoms with Crippen LogP contribution in [0.2, 0.25) is 0 Å². The molecule has 1 aromatic carbocycles. The zero-order valence-electron chi connectivity index (χ0n) is 15.7. The Kier molecular flexibility index (Phi) is 4.61. The first-order valence-corrected chi connectivity index (χ1v) is 9.87. The van der Waals surface area contributed by atoms with Crippen LogP contribution in [0.15, 0.2) is 24.3 Å². The maximum atomic E-state index is 11.7. The number of piperazine rings is 1. The Morgan fingerprint density at radius 3 is 2.59 bits per heavy atom. The molecule has 1 aliphatic rings. The van der Waals surface area contributed by atoms with E-state index in [0.717, 1.165) is 23.5 Å². The van der Waals surface area contributed by atoms with Gasteiger partial charge in [0.25, 0.3) is 0 Å². The molecular formula is C19H23N5O2S. The maximum Gasteiger partial charge on any atom is 0.230 e. The summed E-state index contributed by atoms with van der Waals surface area (Å²) in [5, 5.41) is 15.2. The van der Waals surface area contributed by atoms with Gasteiger partial charge in [-0.15, -0.1) is 5.10 Å². The lowest BCUT2D eigenvalue weighted by atomic mass is 10.0. The Morgan fingerprint density at radius 2 is 1.96 bits per heavy atom. The molecule has 1 unspecified atom stereocenters. The Morgan fingerprint density at radius 1 is 1.22 bits per heavy atom. The predicted octanol–water partition coefficient (Wildman–Crippen LogP) is 2.37. The first kappa shape index (κ1) is 17.9. The van der Waals surface area contributed by atoms with Crippen molar-refractivity contribution in [2.45, 2.75) is 26.8 Å². The minimum absolute atomic E-state index is 0.0900. The van der Waals surface area contributed by atoms with E-state index in [9.17, 15) is 9.90 Å². The summed E-state index contributed by atoms with van der Waals surface area (Å²) >= 11 is 1.47. The fraction of sp³-hybridized carbons (Fsp3) is 0.421. The van der Waals surface area contributed by atoms with Crippen molar-refractivity contribution in [3.05, 3.63) is 46.1 Å². The number of carbonyl (C=O) groups excluding carboxylic acids is 1. The van der Waals surface area contributed by atoms with Gasteiger partial charge in [-0.2, -0.15) is 4.52 Å². The van der Waals surface area contributed by atoms with Crippen molar-refractivity contribution in [3.63, 3.8) is 0 Å². The molecule has 3 heterocycles. The number of aromatic nitrogens is 3. The molecular weight excluding hydrogens is 362 g/mol. The van der Waals surface area contributed by atoms with Gasteiger partial charge < -0.3 is 10.0 Å². The van der Waals surface area contributed by atoms with Gasteiger partial charge in [-0.05, 0) is 19.4 Å². The highest BCUT2D eigenvalue weighted by atomic mass is 32.1. The molecule has 142 valence electrons. The number of amides is 1. The van der Waals surface area contributed by atoms with E-state index in [-0.39, 0.29) is 17.8 Å². The number of aryl methyl sites for hydroxylation is 2. The number of carbonyl (C=O) groups is 1. The lowest BCUT2D eigenvalue weighted by Crippen LogP contribution is -2.49. The Hall–Kier alpha value is -2.45. The predicted molar refractivity (Wildman–Crippen MR) is 104 cm³/mol. The molecule has 4 rings (SSSR count). The number of thiazole rings is 1. The van der Waals surface area contributed by atoms with E-state index in [1.54, 1.807) is 6.92 Å². The molecule has 1 amide bonds. The molecule has 0 saturated carbocycles. The van der Waals surface area contributed by atoms with Gasteiger partial charge in [-0.3, -0.25) is 9.69 Å². The van der Waals surface area contributed by atoms with Gasteiger partial charge in [0.15, 0.2) is 0 Å². The van der Waals surface area contributed by atoms with Crippen LogP contribution in [-0.2, 0) is 4.79 Å². The topological polar surface area (TPSA) is 74.0 Å². The fourth-order valence-electron chi connectivity index (χ4n) is 3.69. The molecule has 1 atom stereocenters. The Bertz CT molecular complexity index is 987. The van der Waals surface area contributed by atoms with Gasteiger partial charge in [0.1, 0.15) is 5.82 Å². The summed E-state index contributed by atoms with van der Waals surface area (Å²) in [6.07, 6.45) is 0. The summed E-state index contributed by atoms with van der Waals surface area (Å²) < 4.78 is 1.52. The minimum Gasteiger partial charge on any atom is -0.492 e. The number of benzene rings is 1. The third-order valence-corrected chi connectivity index (χ3v) is 6.11. The zero-order chi connectivity index (χ0) is 19.1. The molecule has 1 aliphatic heterocycles. The van der Waals surface area contributed by atoms with Crippen LogP contribution in [-0.4, -0.2) is 61.6 Å². The van der Waals surface area contributed by atoms with Crippen LogP contribution in [0.3, 0.4) is 0 Å². The largest absolute Gasteiger partial charge is 0.492 e. The van der Waals surface area contributed by atoms with Crippen LogP contribution >= 0.6 is 11.3 Å². The first-order valence-electron chi connectivity index (χ1n) is 9.05. The first-order chi connectivity index (χ1) is 12.9. The summed E-state index contributed by atoms with van der Waals surface area (Å²) in [7, 11) is 0. The lowest BCUT2D eigenvalue weighted by Gasteiger charge is -2.38. The quantitative estimate of drug-likeness (QED) is 0.749. The van der Waals surface area contributed by atoms with E-state index < -0.39 is 0 Å². The van der Waals surface area contributed by atoms with Crippen LogP contribution in [0.25, 0.3) is 4.96 Å². The van der Waals surface area contributed by atoms with Crippen molar-refractivity contribution in [3.8, 4) is 5.88 Å². The highest BCUT2D eigenvalue weighted by Crippen LogP contribution is 2.40. The van der Waals surface area contributed by atoms with Gasteiger partial charge in [0.05, 0.1) is 10.9 Å². The average molecular weight is 385 g/mol. The van der Waals surface area contributed by atoms with Crippen LogP contribution < -0.4 is 0 Å². The second-order valence-electron chi connectivity index (χ2n) is 7.00. The normalized spacial score (nSPS) is 16.8. The van der Waals surface area contributed by atoms with Gasteiger partial charge in [-0.1, -0.05) is 41.2 Å². The summed E-state index contributed by atoms with van der Waals surface area (Å²) in [5.41, 5.74) is 2.30. The number of hydrogen-bond acceptors (Lipinski definition) is 6. The molecule has 0 bridgehead atoms. The SMILES string of the molecule is CC(=O)N1CCN(C(c2cccc(C)c2)c2sc3nc(C)nn3c2O)CC1. The summed E-state index contributed by atoms with van der Waals surface area (Å²) in [5.74, 6) is 0.903. The smallest absolute Gasteiger partial charge is 0.230 e. The zero-order valence-corrected chi connectivity index (χ0v) is 16.5. The second kappa shape index (κ2) is 6.94. The van der Waals surface area contributed by atoms with E-state index in [1.165, 1.54) is 21.4 Å². The van der Waals surface area contributed by atoms with E-state index in [2.05, 4.69) is 40.1 Å². The maximum absolute atomic E-state index is 11.7. The third-order valence-electron chi connectivity index (χ3n) is 5.04. The van der Waals surface area contributed by atoms with Gasteiger partial charge in [0.2, 0.25) is 16.7 Å². The van der Waals surface area contributed by atoms with Crippen LogP contribution in [0, 0.1) is 13.8 Å². The van der Waals surface area contributed by atoms with Crippen LogP contribution in [0.4, 0.5) is 0 Å². The molecule has 7 nitrogen and oxygen atoms in total. The van der Waals surface area contributed by atoms with Crippen molar-refractivity contribution < 1.29 is 9.90 Å². The second-order valence-corrected chi connectivity index (χ2v) is 8.01. The van der Waals surface area contributed by atoms with E-state index in [0.29, 0.717) is 23.9 Å². The third kappa shape index (κ3) is 3.30. The molecule has 1 saturated heterocycles. The summed E-state index contributed by atoms with van der Waals surface area (Å²) in [6, 6.07) is 8.27. The van der Waals surface area contributed by atoms with Crippen molar-refractivity contribution in [2.75, 3.05) is 26.2 Å². The van der Waals surface area contributed by atoms with Gasteiger partial charge in [-0.25, -0.2) is 4.98 Å². The van der Waals surface area contributed by atoms with Crippen molar-refractivity contribution in [1.82, 2.24) is 24.4 Å². The molecule has 0 radical (unpaired) electrons. The van der Waals surface area contributed by atoms with Crippen LogP contribution in [0.5, 0.6) is 5.88 Å². The highest BCUT2D eigenvalue weighted by molar-refractivity contribution is 7.17. The fourth-order valence-corrected chi connectivity index (χ4v) is 4.85. The Labute approximate surface area is 161 Å². The van der Waals surface area contributed by atoms with Crippen molar-refractivity contribution in [2.24, 2.45) is 0 Å². The molecule has 1 N–H and O–H groups in total. The Balaban J connectivity index is 1.75. The molecule has 27 heavy (non-hydrogen) atoms. The van der Waals surface area contributed by atoms with Crippen molar-refractivity contribution >= 4 is 22.2 Å². The monoisotopic (exact) mass is 385 g/mol. The molecule has 2 aromatic heterocycles. The lowest BCUT2D eigenvalue weighted by molar-refractivity contribution is -0.130. The summed E-state index contributed by atoms with van der Waals surface area (Å²) in [6.45, 7) is 8.39. The van der Waals surface area contributed by atoms with E-state index in [4.69, 9.17) is 0 Å². The standard InChI is InChI=1S/C19H23N5O2S/c1-12-5-4-6-15(11-12)16(23-9-7-22(8-10-23)14(3)25)17-18(26)24-19(27-17)20-13(2)21-24/h4-6,11,16,26H,7-10H2,1-3H3. The van der Waals surface area contributed by atoms with Gasteiger partial charge >= 0.3 is 0 Å². The molecule has 0 spiro atoms. The van der Waals surface area contributed by atoms with Gasteiger partial charge in [0, 0.05) is 33.1 Å². The minimum atomic E-state index is -0.0900. The number of fused-ring (bicyclic) bond motifs is 1. The molecule has 0 aliphatic carbocycles. The number of rotatable bonds is 3. The molecule has 8 heteroatoms. The number of aromatic hydroxyl groups is 1. The van der Waals surface area contributed by atoms with E-state index in [1.807, 2.05) is 17.9 Å². The average Bonchev–Trinajstić information content (AvgIpc) is 3.14. The highest BCUT2D eigenvalue weighted by Gasteiger charge is 2.32. The van der Waals surface area contributed by atoms with E-state index >= 15 is 0 Å². The number of nitrogens with zero attached hydrogens (tertiary/aromatic N) is 5. The number of hydrogen-bond donors (Lipinski definition) is 1. The molecule has 3 aromatic rings. The van der Waals surface area contributed by atoms with Crippen molar-refractivity contribution in [1.29, 1.82) is 0 Å². The summed E-state index contributed by atoms with van der Waals surface area (Å²) in [4.78, 5) is 21.8. The van der Waals surface area contributed by atoms with Crippen LogP contribution in [0.1, 0.15) is 34.8 Å². The molecule has 1 fully saturated rings.